The smallest absolute Gasteiger partial charge is 0.244 e. The summed E-state index contributed by atoms with van der Waals surface area (Å²) < 4.78 is 5.22. The van der Waals surface area contributed by atoms with Crippen LogP contribution < -0.4 is 11.1 Å². The third-order valence-electron chi connectivity index (χ3n) is 3.11. The van der Waals surface area contributed by atoms with Gasteiger partial charge >= 0.3 is 0 Å². The number of rotatable bonds is 2. The largest absolute Gasteiger partial charge is 0.381 e. The van der Waals surface area contributed by atoms with Crippen LogP contribution in [-0.2, 0) is 9.53 Å². The van der Waals surface area contributed by atoms with Gasteiger partial charge in [0.1, 0.15) is 5.54 Å². The molecule has 0 atom stereocenters. The first-order chi connectivity index (χ1) is 8.10. The van der Waals surface area contributed by atoms with Crippen LogP contribution in [0.4, 0.5) is 5.69 Å². The molecule has 5 heteroatoms. The standard InChI is InChI=1S/C13H18N2O2.ClH/c1-10-3-2-4-11(9-10)15-12(16)13(14)5-7-17-8-6-13;/h2-4,9H,5-8,14H2,1H3,(H,15,16);1H. The topological polar surface area (TPSA) is 64.4 Å². The highest BCUT2D eigenvalue weighted by atomic mass is 35.5. The molecular weight excluding hydrogens is 252 g/mol. The molecule has 1 saturated heterocycles. The van der Waals surface area contributed by atoms with Crippen molar-refractivity contribution in [3.8, 4) is 0 Å². The maximum Gasteiger partial charge on any atom is 0.244 e. The Morgan fingerprint density at radius 3 is 2.67 bits per heavy atom. The van der Waals surface area contributed by atoms with E-state index in [0.29, 0.717) is 26.1 Å². The number of benzene rings is 1. The van der Waals surface area contributed by atoms with Gasteiger partial charge in [-0.3, -0.25) is 4.79 Å². The number of ether oxygens (including phenoxy) is 1. The average molecular weight is 271 g/mol. The van der Waals surface area contributed by atoms with E-state index in [9.17, 15) is 4.79 Å². The lowest BCUT2D eigenvalue weighted by Gasteiger charge is -2.31. The summed E-state index contributed by atoms with van der Waals surface area (Å²) in [4.78, 5) is 12.1. The molecule has 0 aliphatic carbocycles. The highest BCUT2D eigenvalue weighted by molar-refractivity contribution is 5.98. The van der Waals surface area contributed by atoms with Crippen LogP contribution in [0.1, 0.15) is 18.4 Å². The molecule has 4 nitrogen and oxygen atoms in total. The number of nitrogens with two attached hydrogens (primary N) is 1. The van der Waals surface area contributed by atoms with Crippen LogP contribution in [0.3, 0.4) is 0 Å². The molecule has 1 fully saturated rings. The van der Waals surface area contributed by atoms with Gasteiger partial charge in [0.05, 0.1) is 0 Å². The number of hydrogen-bond donors (Lipinski definition) is 2. The van der Waals surface area contributed by atoms with Crippen molar-refractivity contribution < 1.29 is 9.53 Å². The van der Waals surface area contributed by atoms with Gasteiger partial charge in [-0.25, -0.2) is 0 Å². The van der Waals surface area contributed by atoms with Crippen molar-refractivity contribution in [2.24, 2.45) is 5.73 Å². The van der Waals surface area contributed by atoms with Crippen LogP contribution in [0.5, 0.6) is 0 Å². The van der Waals surface area contributed by atoms with E-state index >= 15 is 0 Å². The van der Waals surface area contributed by atoms with Gasteiger partial charge in [-0.05, 0) is 37.5 Å². The molecule has 100 valence electrons. The molecule has 1 aliphatic rings. The fraction of sp³-hybridized carbons (Fsp3) is 0.462. The summed E-state index contributed by atoms with van der Waals surface area (Å²) in [5.41, 5.74) is 7.22. The van der Waals surface area contributed by atoms with Crippen molar-refractivity contribution in [2.75, 3.05) is 18.5 Å². The number of aryl methyl sites for hydroxylation is 1. The maximum atomic E-state index is 12.1. The van der Waals surface area contributed by atoms with E-state index in [1.54, 1.807) is 0 Å². The van der Waals surface area contributed by atoms with Crippen molar-refractivity contribution >= 4 is 24.0 Å². The molecule has 1 amide bonds. The van der Waals surface area contributed by atoms with Crippen LogP contribution in [0.2, 0.25) is 0 Å². The molecular formula is C13H19ClN2O2. The Labute approximate surface area is 113 Å². The predicted octanol–water partition coefficient (Wildman–Crippen LogP) is 1.86. The SMILES string of the molecule is Cc1cccc(NC(=O)C2(N)CCOCC2)c1.Cl. The molecule has 0 aromatic heterocycles. The lowest BCUT2D eigenvalue weighted by molar-refractivity contribution is -0.124. The summed E-state index contributed by atoms with van der Waals surface area (Å²) in [7, 11) is 0. The van der Waals surface area contributed by atoms with Crippen molar-refractivity contribution in [2.45, 2.75) is 25.3 Å². The zero-order chi connectivity index (χ0) is 12.3. The van der Waals surface area contributed by atoms with E-state index < -0.39 is 5.54 Å². The fourth-order valence-corrected chi connectivity index (χ4v) is 1.94. The molecule has 0 bridgehead atoms. The second-order valence-corrected chi connectivity index (χ2v) is 4.59. The third kappa shape index (κ3) is 3.45. The van der Waals surface area contributed by atoms with Gasteiger partial charge in [-0.15, -0.1) is 12.4 Å². The van der Waals surface area contributed by atoms with Gasteiger partial charge in [0.25, 0.3) is 0 Å². The Morgan fingerprint density at radius 1 is 1.39 bits per heavy atom. The number of carbonyl (C=O) groups is 1. The van der Waals surface area contributed by atoms with Gasteiger partial charge in [0, 0.05) is 18.9 Å². The van der Waals surface area contributed by atoms with Crippen LogP contribution >= 0.6 is 12.4 Å². The average Bonchev–Trinajstić information content (AvgIpc) is 2.30. The highest BCUT2D eigenvalue weighted by Crippen LogP contribution is 2.20. The number of hydrogen-bond acceptors (Lipinski definition) is 3. The normalized spacial score (nSPS) is 17.7. The van der Waals surface area contributed by atoms with Gasteiger partial charge < -0.3 is 15.8 Å². The number of amides is 1. The first-order valence-corrected chi connectivity index (χ1v) is 5.85. The second-order valence-electron chi connectivity index (χ2n) is 4.59. The first-order valence-electron chi connectivity index (χ1n) is 5.85. The zero-order valence-electron chi connectivity index (χ0n) is 10.4. The molecule has 0 saturated carbocycles. The van der Waals surface area contributed by atoms with E-state index in [0.717, 1.165) is 11.3 Å². The number of anilines is 1. The van der Waals surface area contributed by atoms with Gasteiger partial charge in [0.15, 0.2) is 0 Å². The fourth-order valence-electron chi connectivity index (χ4n) is 1.94. The lowest BCUT2D eigenvalue weighted by atomic mass is 9.90. The minimum Gasteiger partial charge on any atom is -0.381 e. The summed E-state index contributed by atoms with van der Waals surface area (Å²) in [5, 5.41) is 2.87. The minimum atomic E-state index is -0.790. The van der Waals surface area contributed by atoms with E-state index in [4.69, 9.17) is 10.5 Å². The molecule has 0 spiro atoms. The van der Waals surface area contributed by atoms with Gasteiger partial charge in [0.2, 0.25) is 5.91 Å². The van der Waals surface area contributed by atoms with E-state index in [1.807, 2.05) is 31.2 Å². The molecule has 1 aromatic carbocycles. The van der Waals surface area contributed by atoms with E-state index in [2.05, 4.69) is 5.32 Å². The molecule has 1 aromatic rings. The van der Waals surface area contributed by atoms with Crippen LogP contribution in [0, 0.1) is 6.92 Å². The Hall–Kier alpha value is -1.10. The molecule has 0 unspecified atom stereocenters. The van der Waals surface area contributed by atoms with E-state index in [-0.39, 0.29) is 18.3 Å². The van der Waals surface area contributed by atoms with Crippen LogP contribution in [0.25, 0.3) is 0 Å². The molecule has 0 radical (unpaired) electrons. The van der Waals surface area contributed by atoms with Crippen molar-refractivity contribution in [3.63, 3.8) is 0 Å². The quantitative estimate of drug-likeness (QED) is 0.862. The number of carbonyl (C=O) groups excluding carboxylic acids is 1. The maximum absolute atomic E-state index is 12.1. The summed E-state index contributed by atoms with van der Waals surface area (Å²) in [5.74, 6) is -0.119. The predicted molar refractivity (Wildman–Crippen MR) is 74.0 cm³/mol. The summed E-state index contributed by atoms with van der Waals surface area (Å²) in [6.45, 7) is 3.10. The first kappa shape index (κ1) is 15.0. The van der Waals surface area contributed by atoms with Gasteiger partial charge in [-0.1, -0.05) is 12.1 Å². The Morgan fingerprint density at radius 2 is 2.06 bits per heavy atom. The lowest BCUT2D eigenvalue weighted by Crippen LogP contribution is -2.54. The Balaban J connectivity index is 0.00000162. The Kier molecular flexibility index (Phi) is 5.14. The number of halogens is 1. The summed E-state index contributed by atoms with van der Waals surface area (Å²) >= 11 is 0. The Bertz CT molecular complexity index is 417. The summed E-state index contributed by atoms with van der Waals surface area (Å²) in [6, 6.07) is 7.70. The van der Waals surface area contributed by atoms with Crippen LogP contribution in [0.15, 0.2) is 24.3 Å². The third-order valence-corrected chi connectivity index (χ3v) is 3.11. The molecule has 2 rings (SSSR count). The van der Waals surface area contributed by atoms with Crippen molar-refractivity contribution in [1.29, 1.82) is 0 Å². The van der Waals surface area contributed by atoms with Crippen LogP contribution in [-0.4, -0.2) is 24.7 Å². The van der Waals surface area contributed by atoms with Crippen molar-refractivity contribution in [1.82, 2.24) is 0 Å². The zero-order valence-corrected chi connectivity index (χ0v) is 11.3. The monoisotopic (exact) mass is 270 g/mol. The molecule has 18 heavy (non-hydrogen) atoms. The summed E-state index contributed by atoms with van der Waals surface area (Å²) in [6.07, 6.45) is 1.15. The molecule has 3 N–H and O–H groups in total. The van der Waals surface area contributed by atoms with Gasteiger partial charge in [-0.2, -0.15) is 0 Å². The minimum absolute atomic E-state index is 0. The number of nitrogens with one attached hydrogen (secondary N) is 1. The molecule has 1 heterocycles. The van der Waals surface area contributed by atoms with Crippen molar-refractivity contribution in [3.05, 3.63) is 29.8 Å². The highest BCUT2D eigenvalue weighted by Gasteiger charge is 2.35. The second kappa shape index (κ2) is 6.18. The van der Waals surface area contributed by atoms with E-state index in [1.165, 1.54) is 0 Å². The molecule has 1 aliphatic heterocycles.